The van der Waals surface area contributed by atoms with Crippen molar-refractivity contribution in [2.24, 2.45) is 0 Å². The van der Waals surface area contributed by atoms with Crippen LogP contribution in [-0.2, 0) is 4.74 Å². The molecule has 0 spiro atoms. The molecule has 0 N–H and O–H groups in total. The summed E-state index contributed by atoms with van der Waals surface area (Å²) in [5.41, 5.74) is 0.792. The first-order valence-electron chi connectivity index (χ1n) is 4.73. The van der Waals surface area contributed by atoms with Crippen LogP contribution in [0, 0.1) is 10.1 Å². The monoisotopic (exact) mass is 221 g/mol. The molecular formula is C11H11NO4. The van der Waals surface area contributed by atoms with Gasteiger partial charge in [0, 0.05) is 6.08 Å². The van der Waals surface area contributed by atoms with Gasteiger partial charge in [-0.15, -0.1) is 0 Å². The molecule has 0 fully saturated rings. The zero-order valence-electron chi connectivity index (χ0n) is 8.75. The smallest absolute Gasteiger partial charge is 0.338 e. The second-order valence-corrected chi connectivity index (χ2v) is 2.91. The van der Waals surface area contributed by atoms with Gasteiger partial charge in [0.05, 0.1) is 17.1 Å². The van der Waals surface area contributed by atoms with Crippen LogP contribution in [0.15, 0.2) is 30.5 Å². The molecule has 1 aromatic carbocycles. The minimum atomic E-state index is -0.581. The Hall–Kier alpha value is -2.17. The molecule has 0 radical (unpaired) electrons. The first-order valence-corrected chi connectivity index (χ1v) is 4.73. The molecule has 0 atom stereocenters. The minimum Gasteiger partial charge on any atom is -0.462 e. The zero-order chi connectivity index (χ0) is 12.0. The van der Waals surface area contributed by atoms with E-state index in [0.717, 1.165) is 6.20 Å². The van der Waals surface area contributed by atoms with Gasteiger partial charge in [-0.05, 0) is 18.6 Å². The number of carbonyl (C=O) groups excluding carboxylic acids is 1. The summed E-state index contributed by atoms with van der Waals surface area (Å²) in [5.74, 6) is -0.480. The van der Waals surface area contributed by atoms with Crippen molar-refractivity contribution in [3.05, 3.63) is 51.7 Å². The number of benzene rings is 1. The third-order valence-electron chi connectivity index (χ3n) is 1.83. The lowest BCUT2D eigenvalue weighted by Gasteiger charge is -2.04. The van der Waals surface area contributed by atoms with Crippen molar-refractivity contribution in [1.29, 1.82) is 0 Å². The third kappa shape index (κ3) is 3.20. The van der Waals surface area contributed by atoms with Crippen molar-refractivity contribution in [2.75, 3.05) is 6.61 Å². The minimum absolute atomic E-state index is 0.270. The fourth-order valence-electron chi connectivity index (χ4n) is 1.18. The largest absolute Gasteiger partial charge is 0.462 e. The number of hydrogen-bond acceptors (Lipinski definition) is 4. The molecule has 0 amide bonds. The zero-order valence-corrected chi connectivity index (χ0v) is 8.75. The third-order valence-corrected chi connectivity index (χ3v) is 1.83. The first-order chi connectivity index (χ1) is 7.65. The van der Waals surface area contributed by atoms with E-state index >= 15 is 0 Å². The Morgan fingerprint density at radius 2 is 2.19 bits per heavy atom. The summed E-state index contributed by atoms with van der Waals surface area (Å²) in [4.78, 5) is 21.1. The van der Waals surface area contributed by atoms with E-state index < -0.39 is 10.9 Å². The molecule has 16 heavy (non-hydrogen) atoms. The lowest BCUT2D eigenvalue weighted by molar-refractivity contribution is -0.400. The van der Waals surface area contributed by atoms with Gasteiger partial charge >= 0.3 is 5.97 Å². The molecule has 0 unspecified atom stereocenters. The van der Waals surface area contributed by atoms with Crippen molar-refractivity contribution in [3.63, 3.8) is 0 Å². The van der Waals surface area contributed by atoms with Crippen molar-refractivity contribution in [1.82, 2.24) is 0 Å². The summed E-state index contributed by atoms with van der Waals surface area (Å²) < 4.78 is 4.83. The van der Waals surface area contributed by atoms with Crippen LogP contribution in [0.5, 0.6) is 0 Å². The fourth-order valence-corrected chi connectivity index (χ4v) is 1.18. The van der Waals surface area contributed by atoms with E-state index in [4.69, 9.17) is 4.74 Å². The molecule has 0 aliphatic carbocycles. The number of nitro groups is 1. The van der Waals surface area contributed by atoms with Gasteiger partial charge in [0.15, 0.2) is 0 Å². The average Bonchev–Trinajstić information content (AvgIpc) is 2.27. The van der Waals surface area contributed by atoms with Crippen LogP contribution in [0.4, 0.5) is 0 Å². The first kappa shape index (κ1) is 11.9. The van der Waals surface area contributed by atoms with E-state index in [0.29, 0.717) is 11.1 Å². The Labute approximate surface area is 92.5 Å². The van der Waals surface area contributed by atoms with Gasteiger partial charge in [-0.1, -0.05) is 18.2 Å². The van der Waals surface area contributed by atoms with Crippen LogP contribution in [0.2, 0.25) is 0 Å². The number of hydrogen-bond donors (Lipinski definition) is 0. The molecule has 0 heterocycles. The number of rotatable bonds is 4. The molecule has 1 rings (SSSR count). The van der Waals surface area contributed by atoms with E-state index in [9.17, 15) is 14.9 Å². The van der Waals surface area contributed by atoms with Crippen LogP contribution in [-0.4, -0.2) is 17.5 Å². The molecule has 84 valence electrons. The molecule has 5 nitrogen and oxygen atoms in total. The van der Waals surface area contributed by atoms with Crippen molar-refractivity contribution < 1.29 is 14.5 Å². The molecule has 0 aliphatic heterocycles. The molecule has 0 saturated carbocycles. The predicted molar refractivity (Wildman–Crippen MR) is 58.4 cm³/mol. The van der Waals surface area contributed by atoms with Crippen molar-refractivity contribution in [2.45, 2.75) is 6.92 Å². The van der Waals surface area contributed by atoms with Crippen LogP contribution >= 0.6 is 0 Å². The Morgan fingerprint density at radius 3 is 2.81 bits per heavy atom. The van der Waals surface area contributed by atoms with E-state index in [2.05, 4.69) is 0 Å². The standard InChI is InChI=1S/C11H11NO4/c1-2-16-11(13)10-6-4-3-5-9(10)7-8-12(14)15/h3-8H,2H2,1H3. The highest BCUT2D eigenvalue weighted by atomic mass is 16.6. The highest BCUT2D eigenvalue weighted by Crippen LogP contribution is 2.12. The van der Waals surface area contributed by atoms with Gasteiger partial charge in [-0.2, -0.15) is 0 Å². The molecule has 0 aliphatic rings. The van der Waals surface area contributed by atoms with Crippen LogP contribution < -0.4 is 0 Å². The average molecular weight is 221 g/mol. The quantitative estimate of drug-likeness (QED) is 0.443. The second-order valence-electron chi connectivity index (χ2n) is 2.91. The molecule has 1 aromatic rings. The highest BCUT2D eigenvalue weighted by molar-refractivity contribution is 5.93. The number of carbonyl (C=O) groups is 1. The number of ether oxygens (including phenoxy) is 1. The lowest BCUT2D eigenvalue weighted by atomic mass is 10.1. The van der Waals surface area contributed by atoms with Gasteiger partial charge in [0.1, 0.15) is 0 Å². The maximum absolute atomic E-state index is 11.5. The summed E-state index contributed by atoms with van der Waals surface area (Å²) in [6.07, 6.45) is 2.06. The fraction of sp³-hybridized carbons (Fsp3) is 0.182. The van der Waals surface area contributed by atoms with E-state index in [1.165, 1.54) is 6.08 Å². The SMILES string of the molecule is CCOC(=O)c1ccccc1C=C[N+](=O)[O-]. The molecule has 5 heteroatoms. The number of nitrogens with zero attached hydrogens (tertiary/aromatic N) is 1. The Morgan fingerprint density at radius 1 is 1.50 bits per heavy atom. The van der Waals surface area contributed by atoms with Crippen LogP contribution in [0.25, 0.3) is 6.08 Å². The van der Waals surface area contributed by atoms with Crippen molar-refractivity contribution in [3.8, 4) is 0 Å². The molecule has 0 bridgehead atoms. The van der Waals surface area contributed by atoms with Crippen molar-refractivity contribution >= 4 is 12.0 Å². The van der Waals surface area contributed by atoms with Gasteiger partial charge in [0.25, 0.3) is 0 Å². The Balaban J connectivity index is 3.00. The maximum Gasteiger partial charge on any atom is 0.338 e. The Bertz CT molecular complexity index is 426. The summed E-state index contributed by atoms with van der Waals surface area (Å²) in [5, 5.41) is 10.2. The van der Waals surface area contributed by atoms with Gasteiger partial charge in [-0.25, -0.2) is 4.79 Å². The predicted octanol–water partition coefficient (Wildman–Crippen LogP) is 2.11. The Kier molecular flexibility index (Phi) is 4.20. The molecular weight excluding hydrogens is 210 g/mol. The lowest BCUT2D eigenvalue weighted by Crippen LogP contribution is -2.06. The van der Waals surface area contributed by atoms with Gasteiger partial charge in [-0.3, -0.25) is 10.1 Å². The highest BCUT2D eigenvalue weighted by Gasteiger charge is 2.10. The maximum atomic E-state index is 11.5. The summed E-state index contributed by atoms with van der Waals surface area (Å²) >= 11 is 0. The van der Waals surface area contributed by atoms with Crippen LogP contribution in [0.1, 0.15) is 22.8 Å². The summed E-state index contributed by atoms with van der Waals surface area (Å²) in [7, 11) is 0. The molecule has 0 aromatic heterocycles. The van der Waals surface area contributed by atoms with Gasteiger partial charge < -0.3 is 4.74 Å². The van der Waals surface area contributed by atoms with E-state index in [1.807, 2.05) is 0 Å². The normalized spacial score (nSPS) is 10.3. The van der Waals surface area contributed by atoms with E-state index in [-0.39, 0.29) is 6.61 Å². The van der Waals surface area contributed by atoms with Crippen LogP contribution in [0.3, 0.4) is 0 Å². The number of esters is 1. The van der Waals surface area contributed by atoms with Gasteiger partial charge in [0.2, 0.25) is 6.20 Å². The molecule has 0 saturated heterocycles. The summed E-state index contributed by atoms with van der Waals surface area (Å²) in [6.45, 7) is 1.97. The van der Waals surface area contributed by atoms with E-state index in [1.54, 1.807) is 31.2 Å². The topological polar surface area (TPSA) is 69.4 Å². The summed E-state index contributed by atoms with van der Waals surface area (Å²) in [6, 6.07) is 6.56. The second kappa shape index (κ2) is 5.65.